The standard InChI is InChI=1S/C16H22FN3O3S/c1-24(22,23)19-10-8-18(9-11-19)12-15(21)20-7-3-5-13-4-2-6-14(17)16(13)20/h2,4,6H,3,5,7-12H2,1H3. The number of sulfonamides is 1. The highest BCUT2D eigenvalue weighted by atomic mass is 32.2. The Morgan fingerprint density at radius 2 is 1.88 bits per heavy atom. The summed E-state index contributed by atoms with van der Waals surface area (Å²) in [5, 5.41) is 0. The van der Waals surface area contributed by atoms with Crippen LogP contribution in [0.2, 0.25) is 0 Å². The lowest BCUT2D eigenvalue weighted by Gasteiger charge is -2.35. The molecule has 1 saturated heterocycles. The average molecular weight is 355 g/mol. The van der Waals surface area contributed by atoms with Gasteiger partial charge in [-0.1, -0.05) is 12.1 Å². The zero-order chi connectivity index (χ0) is 17.3. The number of hydrogen-bond donors (Lipinski definition) is 0. The molecule has 0 bridgehead atoms. The van der Waals surface area contributed by atoms with Crippen molar-refractivity contribution in [3.63, 3.8) is 0 Å². The van der Waals surface area contributed by atoms with Crippen LogP contribution in [0.3, 0.4) is 0 Å². The molecule has 3 rings (SSSR count). The van der Waals surface area contributed by atoms with Crippen LogP contribution < -0.4 is 4.90 Å². The molecule has 1 aromatic carbocycles. The minimum Gasteiger partial charge on any atom is -0.308 e. The summed E-state index contributed by atoms with van der Waals surface area (Å²) in [6.45, 7) is 2.50. The van der Waals surface area contributed by atoms with E-state index in [1.165, 1.54) is 21.5 Å². The number of carbonyl (C=O) groups is 1. The van der Waals surface area contributed by atoms with Crippen LogP contribution in [0.15, 0.2) is 18.2 Å². The van der Waals surface area contributed by atoms with Crippen molar-refractivity contribution in [1.29, 1.82) is 0 Å². The third-order valence-corrected chi connectivity index (χ3v) is 5.93. The molecule has 0 radical (unpaired) electrons. The molecule has 2 aliphatic heterocycles. The van der Waals surface area contributed by atoms with E-state index in [0.29, 0.717) is 38.4 Å². The Morgan fingerprint density at radius 1 is 1.17 bits per heavy atom. The molecule has 6 nitrogen and oxygen atoms in total. The van der Waals surface area contributed by atoms with Gasteiger partial charge in [0.15, 0.2) is 0 Å². The number of aryl methyl sites for hydroxylation is 1. The lowest BCUT2D eigenvalue weighted by atomic mass is 10.0. The largest absolute Gasteiger partial charge is 0.308 e. The van der Waals surface area contributed by atoms with Gasteiger partial charge in [-0.05, 0) is 24.5 Å². The number of hydrogen-bond acceptors (Lipinski definition) is 4. The molecule has 2 aliphatic rings. The van der Waals surface area contributed by atoms with E-state index in [2.05, 4.69) is 0 Å². The number of halogens is 1. The summed E-state index contributed by atoms with van der Waals surface area (Å²) in [5.74, 6) is -0.490. The van der Waals surface area contributed by atoms with Gasteiger partial charge in [-0.25, -0.2) is 12.8 Å². The number of para-hydroxylation sites is 1. The summed E-state index contributed by atoms with van der Waals surface area (Å²) >= 11 is 0. The highest BCUT2D eigenvalue weighted by Gasteiger charge is 2.29. The van der Waals surface area contributed by atoms with Crippen LogP contribution in [-0.2, 0) is 21.2 Å². The summed E-state index contributed by atoms with van der Waals surface area (Å²) in [7, 11) is -3.18. The predicted octanol–water partition coefficient (Wildman–Crippen LogP) is 0.682. The van der Waals surface area contributed by atoms with Crippen LogP contribution in [0.5, 0.6) is 0 Å². The van der Waals surface area contributed by atoms with Gasteiger partial charge in [0.05, 0.1) is 18.5 Å². The zero-order valence-corrected chi connectivity index (χ0v) is 14.6. The number of piperazine rings is 1. The average Bonchev–Trinajstić information content (AvgIpc) is 2.54. The first-order chi connectivity index (χ1) is 11.4. The van der Waals surface area contributed by atoms with E-state index < -0.39 is 10.0 Å². The number of anilines is 1. The van der Waals surface area contributed by atoms with Crippen LogP contribution in [0.4, 0.5) is 10.1 Å². The lowest BCUT2D eigenvalue weighted by molar-refractivity contribution is -0.120. The molecule has 0 spiro atoms. The molecule has 1 fully saturated rings. The number of rotatable bonds is 3. The van der Waals surface area contributed by atoms with Gasteiger partial charge < -0.3 is 4.90 Å². The fraction of sp³-hybridized carbons (Fsp3) is 0.562. The molecule has 0 aliphatic carbocycles. The minimum absolute atomic E-state index is 0.131. The van der Waals surface area contributed by atoms with Gasteiger partial charge in [0, 0.05) is 32.7 Å². The fourth-order valence-corrected chi connectivity index (χ4v) is 4.18. The van der Waals surface area contributed by atoms with Crippen molar-refractivity contribution in [1.82, 2.24) is 9.21 Å². The topological polar surface area (TPSA) is 60.9 Å². The molecule has 0 unspecified atom stereocenters. The monoisotopic (exact) mass is 355 g/mol. The number of carbonyl (C=O) groups excluding carboxylic acids is 1. The lowest BCUT2D eigenvalue weighted by Crippen LogP contribution is -2.51. The maximum atomic E-state index is 14.2. The van der Waals surface area contributed by atoms with E-state index in [1.807, 2.05) is 11.0 Å². The second kappa shape index (κ2) is 6.78. The maximum Gasteiger partial charge on any atom is 0.241 e. The van der Waals surface area contributed by atoms with Crippen LogP contribution in [0.25, 0.3) is 0 Å². The van der Waals surface area contributed by atoms with Crippen molar-refractivity contribution in [2.45, 2.75) is 12.8 Å². The van der Waals surface area contributed by atoms with Gasteiger partial charge in [-0.15, -0.1) is 0 Å². The third-order valence-electron chi connectivity index (χ3n) is 4.63. The Kier molecular flexibility index (Phi) is 4.89. The van der Waals surface area contributed by atoms with Crippen molar-refractivity contribution in [3.05, 3.63) is 29.6 Å². The fourth-order valence-electron chi connectivity index (χ4n) is 3.35. The molecule has 0 saturated carbocycles. The third kappa shape index (κ3) is 3.60. The Balaban J connectivity index is 1.65. The van der Waals surface area contributed by atoms with E-state index in [1.54, 1.807) is 6.07 Å². The summed E-state index contributed by atoms with van der Waals surface area (Å²) in [4.78, 5) is 16.1. The van der Waals surface area contributed by atoms with Crippen molar-refractivity contribution in [2.75, 3.05) is 50.4 Å². The van der Waals surface area contributed by atoms with Crippen molar-refractivity contribution in [3.8, 4) is 0 Å². The van der Waals surface area contributed by atoms with E-state index in [0.717, 1.165) is 18.4 Å². The van der Waals surface area contributed by atoms with Crippen LogP contribution in [0, 0.1) is 5.82 Å². The Bertz CT molecular complexity index is 730. The molecule has 1 aromatic rings. The summed E-state index contributed by atoms with van der Waals surface area (Å²) < 4.78 is 38.6. The first kappa shape index (κ1) is 17.3. The van der Waals surface area contributed by atoms with E-state index in [4.69, 9.17) is 0 Å². The second-order valence-corrected chi connectivity index (χ2v) is 8.32. The zero-order valence-electron chi connectivity index (χ0n) is 13.7. The van der Waals surface area contributed by atoms with Gasteiger partial charge in [-0.3, -0.25) is 9.69 Å². The summed E-state index contributed by atoms with van der Waals surface area (Å²) in [5.41, 5.74) is 1.28. The quantitative estimate of drug-likeness (QED) is 0.800. The molecule has 0 atom stereocenters. The smallest absolute Gasteiger partial charge is 0.241 e. The first-order valence-electron chi connectivity index (χ1n) is 8.11. The van der Waals surface area contributed by atoms with E-state index >= 15 is 0 Å². The highest BCUT2D eigenvalue weighted by Crippen LogP contribution is 2.30. The van der Waals surface area contributed by atoms with Crippen LogP contribution in [-0.4, -0.2) is 69.1 Å². The minimum atomic E-state index is -3.18. The van der Waals surface area contributed by atoms with Crippen LogP contribution >= 0.6 is 0 Å². The molecule has 2 heterocycles. The highest BCUT2D eigenvalue weighted by molar-refractivity contribution is 7.88. The molecule has 0 N–H and O–H groups in total. The molecule has 0 aromatic heterocycles. The van der Waals surface area contributed by atoms with Gasteiger partial charge >= 0.3 is 0 Å². The maximum absolute atomic E-state index is 14.2. The van der Waals surface area contributed by atoms with Crippen LogP contribution in [0.1, 0.15) is 12.0 Å². The molecule has 132 valence electrons. The van der Waals surface area contributed by atoms with E-state index in [-0.39, 0.29) is 18.3 Å². The molecule has 8 heteroatoms. The number of amides is 1. The molecule has 1 amide bonds. The Labute approximate surface area is 141 Å². The predicted molar refractivity (Wildman–Crippen MR) is 89.9 cm³/mol. The first-order valence-corrected chi connectivity index (χ1v) is 9.96. The molecule has 24 heavy (non-hydrogen) atoms. The number of fused-ring (bicyclic) bond motifs is 1. The molecular weight excluding hydrogens is 333 g/mol. The summed E-state index contributed by atoms with van der Waals surface area (Å²) in [6, 6.07) is 4.92. The number of nitrogens with zero attached hydrogens (tertiary/aromatic N) is 3. The van der Waals surface area contributed by atoms with E-state index in [9.17, 15) is 17.6 Å². The number of benzene rings is 1. The van der Waals surface area contributed by atoms with Gasteiger partial charge in [0.2, 0.25) is 15.9 Å². The van der Waals surface area contributed by atoms with Gasteiger partial charge in [-0.2, -0.15) is 4.31 Å². The SMILES string of the molecule is CS(=O)(=O)N1CCN(CC(=O)N2CCCc3cccc(F)c32)CC1. The second-order valence-electron chi connectivity index (χ2n) is 6.33. The normalized spacial score (nSPS) is 20.0. The Morgan fingerprint density at radius 3 is 2.54 bits per heavy atom. The Hall–Kier alpha value is -1.51. The summed E-state index contributed by atoms with van der Waals surface area (Å²) in [6.07, 6.45) is 2.80. The van der Waals surface area contributed by atoms with Crippen molar-refractivity contribution >= 4 is 21.6 Å². The van der Waals surface area contributed by atoms with Gasteiger partial charge in [0.1, 0.15) is 5.82 Å². The molecular formula is C16H22FN3O3S. The van der Waals surface area contributed by atoms with Crippen molar-refractivity contribution in [2.24, 2.45) is 0 Å². The van der Waals surface area contributed by atoms with Crippen molar-refractivity contribution < 1.29 is 17.6 Å². The van der Waals surface area contributed by atoms with Gasteiger partial charge in [0.25, 0.3) is 0 Å².